The van der Waals surface area contributed by atoms with Gasteiger partial charge in [-0.3, -0.25) is 8.98 Å². The van der Waals surface area contributed by atoms with Crippen LogP contribution in [0.1, 0.15) is 16.1 Å². The van der Waals surface area contributed by atoms with Gasteiger partial charge in [-0.1, -0.05) is 35.3 Å². The molecule has 2 rings (SSSR count). The number of hydrogen-bond donors (Lipinski definition) is 1. The van der Waals surface area contributed by atoms with Crippen LogP contribution in [0.5, 0.6) is 0 Å². The summed E-state index contributed by atoms with van der Waals surface area (Å²) in [6.07, 6.45) is 0. The summed E-state index contributed by atoms with van der Waals surface area (Å²) in [6, 6.07) is 7.06. The lowest BCUT2D eigenvalue weighted by Gasteiger charge is -2.07. The van der Waals surface area contributed by atoms with E-state index in [0.29, 0.717) is 0 Å². The lowest BCUT2D eigenvalue weighted by atomic mass is 10.1. The highest BCUT2D eigenvalue weighted by Crippen LogP contribution is 2.25. The molecule has 0 spiro atoms. The summed E-state index contributed by atoms with van der Waals surface area (Å²) < 4.78 is 28.0. The second kappa shape index (κ2) is 5.57. The monoisotopic (exact) mass is 333 g/mol. The van der Waals surface area contributed by atoms with Crippen molar-refractivity contribution in [3.05, 3.63) is 51.8 Å². The van der Waals surface area contributed by atoms with Crippen LogP contribution >= 0.6 is 23.2 Å². The fourth-order valence-corrected chi connectivity index (χ4v) is 2.80. The van der Waals surface area contributed by atoms with Crippen LogP contribution in [0.3, 0.4) is 0 Å². The van der Waals surface area contributed by atoms with Crippen molar-refractivity contribution < 1.29 is 17.4 Å². The topological polar surface area (TPSA) is 76.2 Å². The van der Waals surface area contributed by atoms with Gasteiger partial charge in [0.1, 0.15) is 10.0 Å². The molecule has 0 unspecified atom stereocenters. The van der Waals surface area contributed by atoms with Crippen molar-refractivity contribution in [2.45, 2.75) is 4.90 Å². The van der Waals surface area contributed by atoms with Gasteiger partial charge in [-0.15, -0.1) is 0 Å². The number of carbonyl (C=O) groups is 1. The summed E-state index contributed by atoms with van der Waals surface area (Å²) in [4.78, 5) is 14.7. The van der Waals surface area contributed by atoms with Crippen molar-refractivity contribution in [3.63, 3.8) is 0 Å². The Morgan fingerprint density at radius 1 is 1.25 bits per heavy atom. The second-order valence-electron chi connectivity index (χ2n) is 3.79. The minimum absolute atomic E-state index is 0.0241. The SMILES string of the molecule is COS(=O)(=O)c1ccccc1C(=O)c1cc(Cl)c(Cl)[nH]1. The number of carbonyl (C=O) groups excluding carboxylic acids is 1. The van der Waals surface area contributed by atoms with Crippen molar-refractivity contribution in [3.8, 4) is 0 Å². The van der Waals surface area contributed by atoms with Crippen LogP contribution in [0.4, 0.5) is 0 Å². The maximum atomic E-state index is 12.3. The first-order valence-electron chi connectivity index (χ1n) is 5.35. The van der Waals surface area contributed by atoms with E-state index >= 15 is 0 Å². The molecule has 0 aliphatic carbocycles. The molecule has 0 saturated heterocycles. The van der Waals surface area contributed by atoms with Crippen molar-refractivity contribution >= 4 is 39.1 Å². The molecule has 0 bridgehead atoms. The summed E-state index contributed by atoms with van der Waals surface area (Å²) in [5.41, 5.74) is 0.0719. The van der Waals surface area contributed by atoms with E-state index in [2.05, 4.69) is 9.17 Å². The molecule has 20 heavy (non-hydrogen) atoms. The predicted molar refractivity (Wildman–Crippen MR) is 74.9 cm³/mol. The summed E-state index contributed by atoms with van der Waals surface area (Å²) >= 11 is 11.5. The molecule has 0 radical (unpaired) electrons. The maximum Gasteiger partial charge on any atom is 0.297 e. The lowest BCUT2D eigenvalue weighted by Crippen LogP contribution is -2.11. The van der Waals surface area contributed by atoms with Crippen molar-refractivity contribution in [1.29, 1.82) is 0 Å². The van der Waals surface area contributed by atoms with Gasteiger partial charge < -0.3 is 4.98 Å². The third kappa shape index (κ3) is 2.73. The first kappa shape index (κ1) is 15.1. The third-order valence-corrected chi connectivity index (χ3v) is 4.62. The van der Waals surface area contributed by atoms with Crippen LogP contribution in [-0.4, -0.2) is 26.3 Å². The van der Waals surface area contributed by atoms with E-state index in [9.17, 15) is 13.2 Å². The Hall–Kier alpha value is -1.34. The third-order valence-electron chi connectivity index (χ3n) is 2.59. The molecule has 1 aromatic carbocycles. The number of aromatic nitrogens is 1. The van der Waals surface area contributed by atoms with Gasteiger partial charge in [0.25, 0.3) is 10.1 Å². The summed E-state index contributed by atoms with van der Waals surface area (Å²) in [5, 5.41) is 0.296. The number of halogens is 2. The molecule has 0 fully saturated rings. The standard InChI is InChI=1S/C12H9Cl2NO4S/c1-19-20(17,18)10-5-3-2-4-7(10)11(16)9-6-8(13)12(14)15-9/h2-6,15H,1H3. The van der Waals surface area contributed by atoms with Gasteiger partial charge >= 0.3 is 0 Å². The highest BCUT2D eigenvalue weighted by Gasteiger charge is 2.24. The van der Waals surface area contributed by atoms with Crippen molar-refractivity contribution in [2.75, 3.05) is 7.11 Å². The molecule has 8 heteroatoms. The molecule has 0 atom stereocenters. The molecule has 0 amide bonds. The molecule has 0 aliphatic heterocycles. The van der Waals surface area contributed by atoms with E-state index < -0.39 is 15.9 Å². The predicted octanol–water partition coefficient (Wildman–Crippen LogP) is 2.89. The molecule has 2 aromatic rings. The summed E-state index contributed by atoms with van der Waals surface area (Å²) in [6.45, 7) is 0. The largest absolute Gasteiger partial charge is 0.342 e. The van der Waals surface area contributed by atoms with E-state index in [1.165, 1.54) is 24.3 Å². The molecule has 0 saturated carbocycles. The van der Waals surface area contributed by atoms with E-state index in [4.69, 9.17) is 23.2 Å². The highest BCUT2D eigenvalue weighted by atomic mass is 35.5. The van der Waals surface area contributed by atoms with Crippen LogP contribution in [0, 0.1) is 0 Å². The van der Waals surface area contributed by atoms with E-state index in [1.807, 2.05) is 0 Å². The fourth-order valence-electron chi connectivity index (χ4n) is 1.63. The molecule has 106 valence electrons. The molecule has 1 heterocycles. The van der Waals surface area contributed by atoms with E-state index in [1.54, 1.807) is 6.07 Å². The fraction of sp³-hybridized carbons (Fsp3) is 0.0833. The highest BCUT2D eigenvalue weighted by molar-refractivity contribution is 7.86. The Balaban J connectivity index is 2.56. The van der Waals surface area contributed by atoms with Gasteiger partial charge in [-0.25, -0.2) is 0 Å². The number of benzene rings is 1. The number of rotatable bonds is 4. The maximum absolute atomic E-state index is 12.3. The minimum Gasteiger partial charge on any atom is -0.342 e. The Labute approximate surface area is 125 Å². The Morgan fingerprint density at radius 2 is 1.90 bits per heavy atom. The number of H-pyrrole nitrogens is 1. The number of ketones is 1. The van der Waals surface area contributed by atoms with E-state index in [-0.39, 0.29) is 26.3 Å². The Bertz CT molecular complexity index is 748. The van der Waals surface area contributed by atoms with Crippen LogP contribution in [0.2, 0.25) is 10.2 Å². The Kier molecular flexibility index (Phi) is 4.19. The smallest absolute Gasteiger partial charge is 0.297 e. The van der Waals surface area contributed by atoms with Gasteiger partial charge in [0.05, 0.1) is 17.8 Å². The zero-order valence-electron chi connectivity index (χ0n) is 10.2. The second-order valence-corrected chi connectivity index (χ2v) is 6.26. The van der Waals surface area contributed by atoms with Gasteiger partial charge in [0.15, 0.2) is 0 Å². The zero-order chi connectivity index (χ0) is 14.9. The van der Waals surface area contributed by atoms with Crippen LogP contribution in [0.25, 0.3) is 0 Å². The first-order chi connectivity index (χ1) is 9.36. The van der Waals surface area contributed by atoms with Crippen molar-refractivity contribution in [1.82, 2.24) is 4.98 Å². The van der Waals surface area contributed by atoms with Crippen molar-refractivity contribution in [2.24, 2.45) is 0 Å². The van der Waals surface area contributed by atoms with Crippen LogP contribution < -0.4 is 0 Å². The Morgan fingerprint density at radius 3 is 2.45 bits per heavy atom. The molecule has 0 aliphatic rings. The van der Waals surface area contributed by atoms with Gasteiger partial charge in [-0.2, -0.15) is 8.42 Å². The quantitative estimate of drug-likeness (QED) is 0.689. The van der Waals surface area contributed by atoms with Gasteiger partial charge in [-0.05, 0) is 18.2 Å². The number of nitrogens with one attached hydrogen (secondary N) is 1. The van der Waals surface area contributed by atoms with Crippen LogP contribution in [-0.2, 0) is 14.3 Å². The molecule has 1 N–H and O–H groups in total. The first-order valence-corrected chi connectivity index (χ1v) is 7.51. The summed E-state index contributed by atoms with van der Waals surface area (Å²) in [5.74, 6) is -0.546. The van der Waals surface area contributed by atoms with Gasteiger partial charge in [0, 0.05) is 5.56 Å². The normalized spacial score (nSPS) is 11.6. The van der Waals surface area contributed by atoms with E-state index in [0.717, 1.165) is 7.11 Å². The average molecular weight is 334 g/mol. The number of hydrogen-bond acceptors (Lipinski definition) is 4. The minimum atomic E-state index is -3.99. The molecular weight excluding hydrogens is 325 g/mol. The summed E-state index contributed by atoms with van der Waals surface area (Å²) in [7, 11) is -2.96. The number of aromatic amines is 1. The van der Waals surface area contributed by atoms with Gasteiger partial charge in [0.2, 0.25) is 5.78 Å². The average Bonchev–Trinajstić information content (AvgIpc) is 2.78. The molecular formula is C12H9Cl2NO4S. The molecule has 5 nitrogen and oxygen atoms in total. The van der Waals surface area contributed by atoms with Crippen LogP contribution in [0.15, 0.2) is 35.2 Å². The zero-order valence-corrected chi connectivity index (χ0v) is 12.5. The molecule has 1 aromatic heterocycles. The lowest BCUT2D eigenvalue weighted by molar-refractivity contribution is 0.103.